The minimum atomic E-state index is -4.42. The molecule has 4 aromatic rings. The predicted molar refractivity (Wildman–Crippen MR) is 175 cm³/mol. The third-order valence-electron chi connectivity index (χ3n) is 7.56. The maximum Gasteiger partial charge on any atom is 0.264 e. The highest BCUT2D eigenvalue weighted by Gasteiger charge is 2.35. The van der Waals surface area contributed by atoms with Crippen LogP contribution < -0.4 is 19.1 Å². The number of sulfonamides is 1. The van der Waals surface area contributed by atoms with Gasteiger partial charge in [-0.2, -0.15) is 0 Å². The number of benzene rings is 4. The number of nitrogens with zero attached hydrogens (tertiary/aromatic N) is 2. The van der Waals surface area contributed by atoms with E-state index in [2.05, 4.69) is 5.32 Å². The molecule has 0 unspecified atom stereocenters. The summed E-state index contributed by atoms with van der Waals surface area (Å²) in [6.45, 7) is 3.41. The van der Waals surface area contributed by atoms with Crippen LogP contribution in [-0.2, 0) is 32.6 Å². The first-order chi connectivity index (χ1) is 22.1. The van der Waals surface area contributed by atoms with Crippen LogP contribution >= 0.6 is 0 Å². The van der Waals surface area contributed by atoms with E-state index in [0.29, 0.717) is 12.3 Å². The number of amides is 2. The van der Waals surface area contributed by atoms with Gasteiger partial charge in [0.1, 0.15) is 18.4 Å². The first-order valence-corrected chi connectivity index (χ1v) is 16.2. The summed E-state index contributed by atoms with van der Waals surface area (Å²) in [6, 6.07) is 24.7. The lowest BCUT2D eigenvalue weighted by Crippen LogP contribution is -2.53. The fraction of sp³-hybridized carbons (Fsp3) is 0.257. The summed E-state index contributed by atoms with van der Waals surface area (Å²) >= 11 is 0. The first-order valence-electron chi connectivity index (χ1n) is 14.7. The second kappa shape index (κ2) is 15.4. The highest BCUT2D eigenvalue weighted by Crippen LogP contribution is 2.32. The van der Waals surface area contributed by atoms with Gasteiger partial charge in [0.05, 0.1) is 24.8 Å². The molecule has 0 fully saturated rings. The lowest BCUT2D eigenvalue weighted by Gasteiger charge is -2.34. The summed E-state index contributed by atoms with van der Waals surface area (Å²) in [5.74, 6) is -1.07. The normalized spacial score (nSPS) is 11.8. The van der Waals surface area contributed by atoms with Gasteiger partial charge in [-0.1, -0.05) is 54.6 Å². The Kier molecular flexibility index (Phi) is 11.4. The van der Waals surface area contributed by atoms with Gasteiger partial charge in [0.15, 0.2) is 11.5 Å². The van der Waals surface area contributed by atoms with Crippen molar-refractivity contribution in [1.82, 2.24) is 10.2 Å². The van der Waals surface area contributed by atoms with Crippen LogP contribution in [0, 0.1) is 12.7 Å². The highest BCUT2D eigenvalue weighted by molar-refractivity contribution is 7.92. The second-order valence-electron chi connectivity index (χ2n) is 10.6. The zero-order valence-corrected chi connectivity index (χ0v) is 27.1. The molecule has 0 bridgehead atoms. The van der Waals surface area contributed by atoms with E-state index in [1.54, 1.807) is 6.92 Å². The van der Waals surface area contributed by atoms with Gasteiger partial charge in [-0.25, -0.2) is 12.8 Å². The summed E-state index contributed by atoms with van der Waals surface area (Å²) in [7, 11) is -1.61. The van der Waals surface area contributed by atoms with Crippen LogP contribution in [0.5, 0.6) is 11.5 Å². The van der Waals surface area contributed by atoms with Gasteiger partial charge in [0.2, 0.25) is 11.8 Å². The van der Waals surface area contributed by atoms with Crippen molar-refractivity contribution in [3.05, 3.63) is 120 Å². The van der Waals surface area contributed by atoms with Crippen molar-refractivity contribution in [3.8, 4) is 11.5 Å². The number of nitrogens with one attached hydrogen (secondary N) is 1. The molecule has 0 radical (unpaired) electrons. The molecule has 1 atom stereocenters. The number of hydrogen-bond acceptors (Lipinski definition) is 6. The molecule has 4 rings (SSSR count). The molecule has 0 saturated heterocycles. The van der Waals surface area contributed by atoms with E-state index in [1.165, 1.54) is 49.5 Å². The van der Waals surface area contributed by atoms with E-state index in [0.717, 1.165) is 33.1 Å². The fourth-order valence-corrected chi connectivity index (χ4v) is 6.49. The lowest BCUT2D eigenvalue weighted by molar-refractivity contribution is -0.140. The van der Waals surface area contributed by atoms with E-state index in [9.17, 15) is 22.4 Å². The van der Waals surface area contributed by atoms with Crippen molar-refractivity contribution in [2.75, 3.05) is 31.6 Å². The fourth-order valence-electron chi connectivity index (χ4n) is 5.06. The van der Waals surface area contributed by atoms with Gasteiger partial charge in [-0.15, -0.1) is 0 Å². The van der Waals surface area contributed by atoms with Gasteiger partial charge in [-0.3, -0.25) is 13.9 Å². The molecule has 0 aliphatic rings. The molecule has 0 aliphatic carbocycles. The van der Waals surface area contributed by atoms with Crippen LogP contribution in [0.15, 0.2) is 102 Å². The number of hydrogen-bond donors (Lipinski definition) is 1. The Hall–Kier alpha value is -4.90. The summed E-state index contributed by atoms with van der Waals surface area (Å²) in [6.07, 6.45) is 0.198. The van der Waals surface area contributed by atoms with Crippen LogP contribution in [0.4, 0.5) is 10.1 Å². The average molecular weight is 648 g/mol. The maximum atomic E-state index is 14.5. The molecule has 0 heterocycles. The molecule has 11 heteroatoms. The molecule has 0 aliphatic heterocycles. The number of halogens is 1. The molecule has 46 heavy (non-hydrogen) atoms. The highest BCUT2D eigenvalue weighted by atomic mass is 32.2. The van der Waals surface area contributed by atoms with Crippen molar-refractivity contribution in [2.45, 2.75) is 37.8 Å². The van der Waals surface area contributed by atoms with Crippen LogP contribution in [0.1, 0.15) is 23.6 Å². The first kappa shape index (κ1) is 34.0. The average Bonchev–Trinajstić information content (AvgIpc) is 3.06. The van der Waals surface area contributed by atoms with E-state index < -0.39 is 34.3 Å². The summed E-state index contributed by atoms with van der Waals surface area (Å²) in [5, 5.41) is 2.84. The molecule has 1 N–H and O–H groups in total. The van der Waals surface area contributed by atoms with Gasteiger partial charge in [0.25, 0.3) is 10.0 Å². The van der Waals surface area contributed by atoms with Crippen LogP contribution in [-0.4, -0.2) is 58.5 Å². The standard InChI is InChI=1S/C35H38FN3O6S/c1-5-37-35(41)31(21-26-12-7-6-8-13-26)38(23-27-14-10-9-11-25(27)2)34(40)24-39(29-17-15-28(36)16-18-29)46(42,43)30-19-20-32(44-3)33(22-30)45-4/h6-20,22,31H,5,21,23-24H2,1-4H3,(H,37,41)/t31-/m1/s1. The molecular formula is C35H38FN3O6S. The molecule has 0 spiro atoms. The zero-order valence-electron chi connectivity index (χ0n) is 26.3. The Morgan fingerprint density at radius 1 is 0.870 bits per heavy atom. The molecule has 0 aromatic heterocycles. The largest absolute Gasteiger partial charge is 0.493 e. The van der Waals surface area contributed by atoms with Crippen molar-refractivity contribution < 1.29 is 31.9 Å². The Bertz CT molecular complexity index is 1750. The molecule has 242 valence electrons. The Labute approximate surface area is 269 Å². The summed E-state index contributed by atoms with van der Waals surface area (Å²) < 4.78 is 54.0. The quantitative estimate of drug-likeness (QED) is 0.204. The molecular weight excluding hydrogens is 609 g/mol. The molecule has 0 saturated carbocycles. The number of ether oxygens (including phenoxy) is 2. The third kappa shape index (κ3) is 8.02. The molecule has 2 amide bonds. The van der Waals surface area contributed by atoms with Gasteiger partial charge in [-0.05, 0) is 66.9 Å². The number of likely N-dealkylation sites (N-methyl/N-ethyl adjacent to an activating group) is 1. The van der Waals surface area contributed by atoms with Crippen LogP contribution in [0.25, 0.3) is 0 Å². The summed E-state index contributed by atoms with van der Waals surface area (Å²) in [5.41, 5.74) is 2.60. The van der Waals surface area contributed by atoms with Gasteiger partial charge in [0, 0.05) is 25.6 Å². The number of anilines is 1. The van der Waals surface area contributed by atoms with Crippen LogP contribution in [0.3, 0.4) is 0 Å². The zero-order chi connectivity index (χ0) is 33.3. The number of rotatable bonds is 14. The third-order valence-corrected chi connectivity index (χ3v) is 9.33. The lowest BCUT2D eigenvalue weighted by atomic mass is 10.0. The number of methoxy groups -OCH3 is 2. The smallest absolute Gasteiger partial charge is 0.264 e. The van der Waals surface area contributed by atoms with E-state index >= 15 is 0 Å². The summed E-state index contributed by atoms with van der Waals surface area (Å²) in [4.78, 5) is 29.3. The Morgan fingerprint density at radius 2 is 1.52 bits per heavy atom. The van der Waals surface area contributed by atoms with Crippen LogP contribution in [0.2, 0.25) is 0 Å². The molecule has 9 nitrogen and oxygen atoms in total. The van der Waals surface area contributed by atoms with E-state index in [1.807, 2.05) is 61.5 Å². The van der Waals surface area contributed by atoms with Crippen molar-refractivity contribution in [3.63, 3.8) is 0 Å². The predicted octanol–water partition coefficient (Wildman–Crippen LogP) is 5.12. The number of aryl methyl sites for hydroxylation is 1. The van der Waals surface area contributed by atoms with Crippen molar-refractivity contribution in [1.29, 1.82) is 0 Å². The molecule has 4 aromatic carbocycles. The monoisotopic (exact) mass is 647 g/mol. The number of carbonyl (C=O) groups excluding carboxylic acids is 2. The van der Waals surface area contributed by atoms with Crippen molar-refractivity contribution in [2.24, 2.45) is 0 Å². The Balaban J connectivity index is 1.82. The number of carbonyl (C=O) groups is 2. The second-order valence-corrected chi connectivity index (χ2v) is 12.4. The Morgan fingerprint density at radius 3 is 2.15 bits per heavy atom. The van der Waals surface area contributed by atoms with E-state index in [-0.39, 0.29) is 35.2 Å². The van der Waals surface area contributed by atoms with E-state index in [4.69, 9.17) is 9.47 Å². The minimum absolute atomic E-state index is 0.0494. The SMILES string of the molecule is CCNC(=O)[C@@H](Cc1ccccc1)N(Cc1ccccc1C)C(=O)CN(c1ccc(F)cc1)S(=O)(=O)c1ccc(OC)c(OC)c1. The van der Waals surface area contributed by atoms with Gasteiger partial charge >= 0.3 is 0 Å². The van der Waals surface area contributed by atoms with Gasteiger partial charge < -0.3 is 19.7 Å². The van der Waals surface area contributed by atoms with Crippen molar-refractivity contribution >= 4 is 27.5 Å². The maximum absolute atomic E-state index is 14.5. The minimum Gasteiger partial charge on any atom is -0.493 e. The topological polar surface area (TPSA) is 105 Å².